The van der Waals surface area contributed by atoms with Gasteiger partial charge in [-0.25, -0.2) is 0 Å². The van der Waals surface area contributed by atoms with Crippen molar-refractivity contribution in [2.75, 3.05) is 0 Å². The Kier molecular flexibility index (Phi) is 4.42. The van der Waals surface area contributed by atoms with E-state index in [0.29, 0.717) is 0 Å². The van der Waals surface area contributed by atoms with Crippen molar-refractivity contribution in [2.24, 2.45) is 4.99 Å². The highest BCUT2D eigenvalue weighted by Crippen LogP contribution is 2.19. The summed E-state index contributed by atoms with van der Waals surface area (Å²) in [5.74, 6) is 0. The molecule has 0 aliphatic rings. The van der Waals surface area contributed by atoms with E-state index in [9.17, 15) is 5.11 Å². The zero-order valence-corrected chi connectivity index (χ0v) is 11.2. The molecule has 1 heterocycles. The molecule has 0 saturated carbocycles. The monoisotopic (exact) mass is 254 g/mol. The first kappa shape index (κ1) is 13.4. The van der Waals surface area contributed by atoms with Crippen LogP contribution in [0.25, 0.3) is 0 Å². The number of aromatic nitrogens is 1. The van der Waals surface area contributed by atoms with Crippen LogP contribution in [-0.2, 0) is 0 Å². The summed E-state index contributed by atoms with van der Waals surface area (Å²) < 4.78 is 0. The van der Waals surface area contributed by atoms with Crippen LogP contribution in [0.1, 0.15) is 31.2 Å². The summed E-state index contributed by atoms with van der Waals surface area (Å²) in [5.41, 5.74) is 2.56. The lowest BCUT2D eigenvalue weighted by Gasteiger charge is -2.16. The molecular formula is C16H18N2O. The van der Waals surface area contributed by atoms with E-state index >= 15 is 0 Å². The Hall–Kier alpha value is -2.00. The SMILES string of the molecule is CC(=N[C@H](C)[C@@H](O)c1ccccc1)c1ccccn1. The Morgan fingerprint density at radius 1 is 1.11 bits per heavy atom. The smallest absolute Gasteiger partial charge is 0.101 e. The summed E-state index contributed by atoms with van der Waals surface area (Å²) in [6, 6.07) is 15.1. The predicted molar refractivity (Wildman–Crippen MR) is 77.3 cm³/mol. The highest BCUT2D eigenvalue weighted by molar-refractivity contribution is 5.96. The van der Waals surface area contributed by atoms with Crippen LogP contribution in [0.15, 0.2) is 59.7 Å². The predicted octanol–water partition coefficient (Wildman–Crippen LogP) is 3.01. The Labute approximate surface area is 113 Å². The van der Waals surface area contributed by atoms with E-state index in [1.807, 2.05) is 62.4 Å². The van der Waals surface area contributed by atoms with E-state index in [0.717, 1.165) is 17.0 Å². The van der Waals surface area contributed by atoms with Gasteiger partial charge >= 0.3 is 0 Å². The molecule has 1 aromatic heterocycles. The lowest BCUT2D eigenvalue weighted by Crippen LogP contribution is -2.15. The molecule has 2 aromatic rings. The van der Waals surface area contributed by atoms with Gasteiger partial charge < -0.3 is 5.11 Å². The minimum Gasteiger partial charge on any atom is -0.386 e. The van der Waals surface area contributed by atoms with E-state index in [4.69, 9.17) is 0 Å². The first-order chi connectivity index (χ1) is 9.18. The van der Waals surface area contributed by atoms with E-state index in [-0.39, 0.29) is 6.04 Å². The average Bonchev–Trinajstić information content (AvgIpc) is 2.48. The summed E-state index contributed by atoms with van der Waals surface area (Å²) in [7, 11) is 0. The largest absolute Gasteiger partial charge is 0.386 e. The maximum absolute atomic E-state index is 10.3. The van der Waals surface area contributed by atoms with E-state index in [2.05, 4.69) is 9.98 Å². The van der Waals surface area contributed by atoms with Gasteiger partial charge in [-0.3, -0.25) is 9.98 Å². The number of hydrogen-bond donors (Lipinski definition) is 1. The topological polar surface area (TPSA) is 45.5 Å². The van der Waals surface area contributed by atoms with Crippen LogP contribution >= 0.6 is 0 Å². The van der Waals surface area contributed by atoms with Crippen molar-refractivity contribution in [2.45, 2.75) is 26.0 Å². The van der Waals surface area contributed by atoms with Crippen molar-refractivity contribution in [3.63, 3.8) is 0 Å². The molecule has 0 saturated heterocycles. The molecule has 2 atom stereocenters. The maximum atomic E-state index is 10.3. The third kappa shape index (κ3) is 3.48. The van der Waals surface area contributed by atoms with Crippen LogP contribution in [-0.4, -0.2) is 21.8 Å². The summed E-state index contributed by atoms with van der Waals surface area (Å²) in [5, 5.41) is 10.3. The molecular weight excluding hydrogens is 236 g/mol. The van der Waals surface area contributed by atoms with Crippen molar-refractivity contribution < 1.29 is 5.11 Å². The molecule has 0 radical (unpaired) electrons. The highest BCUT2D eigenvalue weighted by Gasteiger charge is 2.15. The number of aliphatic imine (C=N–C) groups is 1. The van der Waals surface area contributed by atoms with Gasteiger partial charge in [-0.2, -0.15) is 0 Å². The van der Waals surface area contributed by atoms with Crippen molar-refractivity contribution in [3.05, 3.63) is 66.0 Å². The van der Waals surface area contributed by atoms with Gasteiger partial charge in [-0.15, -0.1) is 0 Å². The Morgan fingerprint density at radius 2 is 1.79 bits per heavy atom. The first-order valence-electron chi connectivity index (χ1n) is 6.37. The molecule has 0 amide bonds. The summed E-state index contributed by atoms with van der Waals surface area (Å²) in [6.07, 6.45) is 1.15. The number of pyridine rings is 1. The second kappa shape index (κ2) is 6.25. The molecule has 0 spiro atoms. The van der Waals surface area contributed by atoms with Crippen LogP contribution in [0.5, 0.6) is 0 Å². The average molecular weight is 254 g/mol. The zero-order valence-electron chi connectivity index (χ0n) is 11.2. The van der Waals surface area contributed by atoms with Gasteiger partial charge in [-0.1, -0.05) is 36.4 Å². The molecule has 1 N–H and O–H groups in total. The third-order valence-electron chi connectivity index (χ3n) is 3.03. The van der Waals surface area contributed by atoms with Gasteiger partial charge in [0.25, 0.3) is 0 Å². The Morgan fingerprint density at radius 3 is 2.42 bits per heavy atom. The van der Waals surface area contributed by atoms with Gasteiger partial charge in [0.2, 0.25) is 0 Å². The van der Waals surface area contributed by atoms with Gasteiger partial charge in [0.1, 0.15) is 6.10 Å². The summed E-state index contributed by atoms with van der Waals surface area (Å²) in [6.45, 7) is 3.82. The molecule has 0 bridgehead atoms. The van der Waals surface area contributed by atoms with Crippen molar-refractivity contribution in [1.82, 2.24) is 4.98 Å². The molecule has 3 heteroatoms. The lowest BCUT2D eigenvalue weighted by atomic mass is 10.0. The van der Waals surface area contributed by atoms with Crippen LogP contribution in [0.3, 0.4) is 0 Å². The number of hydrogen-bond acceptors (Lipinski definition) is 3. The number of nitrogens with zero attached hydrogens (tertiary/aromatic N) is 2. The molecule has 0 unspecified atom stereocenters. The summed E-state index contributed by atoms with van der Waals surface area (Å²) >= 11 is 0. The molecule has 3 nitrogen and oxygen atoms in total. The highest BCUT2D eigenvalue weighted by atomic mass is 16.3. The molecule has 19 heavy (non-hydrogen) atoms. The first-order valence-corrected chi connectivity index (χ1v) is 6.37. The molecule has 0 aliphatic carbocycles. The van der Waals surface area contributed by atoms with E-state index < -0.39 is 6.10 Å². The molecule has 0 fully saturated rings. The van der Waals surface area contributed by atoms with E-state index in [1.54, 1.807) is 6.20 Å². The molecule has 0 aliphatic heterocycles. The van der Waals surface area contributed by atoms with Crippen molar-refractivity contribution in [3.8, 4) is 0 Å². The molecule has 2 rings (SSSR count). The quantitative estimate of drug-likeness (QED) is 0.852. The Bertz CT molecular complexity index is 537. The third-order valence-corrected chi connectivity index (χ3v) is 3.03. The molecule has 1 aromatic carbocycles. The fourth-order valence-electron chi connectivity index (χ4n) is 1.95. The van der Waals surface area contributed by atoms with Crippen LogP contribution in [0.2, 0.25) is 0 Å². The number of rotatable bonds is 4. The van der Waals surface area contributed by atoms with Crippen molar-refractivity contribution >= 4 is 5.71 Å². The maximum Gasteiger partial charge on any atom is 0.101 e. The van der Waals surface area contributed by atoms with Crippen molar-refractivity contribution in [1.29, 1.82) is 0 Å². The van der Waals surface area contributed by atoms with Crippen LogP contribution < -0.4 is 0 Å². The fraction of sp³-hybridized carbons (Fsp3) is 0.250. The van der Waals surface area contributed by atoms with Gasteiger partial charge in [-0.05, 0) is 31.5 Å². The second-order valence-corrected chi connectivity index (χ2v) is 4.53. The Balaban J connectivity index is 2.14. The molecule has 98 valence electrons. The van der Waals surface area contributed by atoms with Gasteiger partial charge in [0, 0.05) is 6.20 Å². The summed E-state index contributed by atoms with van der Waals surface area (Å²) in [4.78, 5) is 8.78. The fourth-order valence-corrected chi connectivity index (χ4v) is 1.95. The normalized spacial score (nSPS) is 15.0. The second-order valence-electron chi connectivity index (χ2n) is 4.53. The number of benzene rings is 1. The minimum atomic E-state index is -0.597. The minimum absolute atomic E-state index is 0.204. The van der Waals surface area contributed by atoms with Crippen LogP contribution in [0, 0.1) is 0 Å². The zero-order chi connectivity index (χ0) is 13.7. The van der Waals surface area contributed by atoms with Gasteiger partial charge in [0.05, 0.1) is 17.4 Å². The van der Waals surface area contributed by atoms with Crippen LogP contribution in [0.4, 0.5) is 0 Å². The number of aliphatic hydroxyl groups is 1. The number of aliphatic hydroxyl groups excluding tert-OH is 1. The van der Waals surface area contributed by atoms with Gasteiger partial charge in [0.15, 0.2) is 0 Å². The standard InChI is InChI=1S/C16H18N2O/c1-12(15-10-6-7-11-17-15)18-13(2)16(19)14-8-4-3-5-9-14/h3-11,13,16,19H,1-2H3/t13-,16-/m1/s1. The van der Waals surface area contributed by atoms with E-state index in [1.165, 1.54) is 0 Å². The lowest BCUT2D eigenvalue weighted by molar-refractivity contribution is 0.154.